The van der Waals surface area contributed by atoms with Gasteiger partial charge >= 0.3 is 0 Å². The third-order valence-corrected chi connectivity index (χ3v) is 5.73. The fourth-order valence-electron chi connectivity index (χ4n) is 4.04. The number of carbonyl (C=O) groups is 2. The summed E-state index contributed by atoms with van der Waals surface area (Å²) in [5.41, 5.74) is 0. The number of ether oxygens (including phenoxy) is 1. The lowest BCUT2D eigenvalue weighted by molar-refractivity contribution is -0.140. The number of carbonyl (C=O) groups excluding carboxylic acids is 2. The predicted octanol–water partition coefficient (Wildman–Crippen LogP) is 0.556. The Morgan fingerprint density at radius 3 is 2.67 bits per heavy atom. The van der Waals surface area contributed by atoms with Gasteiger partial charge in [-0.05, 0) is 38.2 Å². The molecule has 1 aromatic heterocycles. The molecule has 2 heterocycles. The van der Waals surface area contributed by atoms with Crippen molar-refractivity contribution in [2.45, 2.75) is 63.3 Å². The van der Waals surface area contributed by atoms with E-state index >= 15 is 0 Å². The third kappa shape index (κ3) is 5.29. The number of hydrogen-bond donors (Lipinski definition) is 2. The number of nitrogens with one attached hydrogen (secondary N) is 1. The average Bonchev–Trinajstić information content (AvgIpc) is 3.21. The van der Waals surface area contributed by atoms with Gasteiger partial charge in [0.2, 0.25) is 11.8 Å². The van der Waals surface area contributed by atoms with E-state index in [2.05, 4.69) is 10.4 Å². The molecular formula is C19H30N4O4. The van der Waals surface area contributed by atoms with Gasteiger partial charge < -0.3 is 20.1 Å². The van der Waals surface area contributed by atoms with Crippen molar-refractivity contribution >= 4 is 11.8 Å². The van der Waals surface area contributed by atoms with Gasteiger partial charge in [-0.25, -0.2) is 0 Å². The Morgan fingerprint density at radius 1 is 1.26 bits per heavy atom. The van der Waals surface area contributed by atoms with Gasteiger partial charge in [0.1, 0.15) is 0 Å². The first-order valence-electron chi connectivity index (χ1n) is 9.83. The van der Waals surface area contributed by atoms with Crippen LogP contribution < -0.4 is 5.32 Å². The van der Waals surface area contributed by atoms with E-state index in [-0.39, 0.29) is 29.9 Å². The van der Waals surface area contributed by atoms with Crippen molar-refractivity contribution in [1.82, 2.24) is 20.0 Å². The van der Waals surface area contributed by atoms with Crippen molar-refractivity contribution in [2.75, 3.05) is 20.2 Å². The molecule has 1 aromatic rings. The molecule has 0 radical (unpaired) electrons. The highest BCUT2D eigenvalue weighted by atomic mass is 16.5. The molecule has 3 atom stereocenters. The summed E-state index contributed by atoms with van der Waals surface area (Å²) >= 11 is 0. The van der Waals surface area contributed by atoms with Crippen molar-refractivity contribution in [3.63, 3.8) is 0 Å². The normalized spacial score (nSPS) is 26.7. The van der Waals surface area contributed by atoms with Crippen LogP contribution in [0.25, 0.3) is 0 Å². The molecule has 1 aliphatic carbocycles. The summed E-state index contributed by atoms with van der Waals surface area (Å²) in [6, 6.07) is 1.54. The van der Waals surface area contributed by atoms with E-state index in [9.17, 15) is 14.7 Å². The second kappa shape index (κ2) is 9.32. The zero-order chi connectivity index (χ0) is 19.2. The minimum absolute atomic E-state index is 0.0963. The highest BCUT2D eigenvalue weighted by molar-refractivity contribution is 5.79. The number of likely N-dealkylation sites (tertiary alicyclic amines) is 1. The van der Waals surface area contributed by atoms with Crippen LogP contribution in [0.15, 0.2) is 18.5 Å². The SMILES string of the molecule is COC1CCN(C(=O)[C@H]2CC[C@H](NC(=O)CCn3cccn3)[C@@H](O)C2)CC1. The molecule has 0 aromatic carbocycles. The minimum Gasteiger partial charge on any atom is -0.391 e. The van der Waals surface area contributed by atoms with Crippen molar-refractivity contribution in [1.29, 1.82) is 0 Å². The third-order valence-electron chi connectivity index (χ3n) is 5.73. The lowest BCUT2D eigenvalue weighted by Crippen LogP contribution is -2.50. The first-order valence-corrected chi connectivity index (χ1v) is 9.83. The van der Waals surface area contributed by atoms with Crippen LogP contribution in [0.3, 0.4) is 0 Å². The van der Waals surface area contributed by atoms with E-state index < -0.39 is 6.10 Å². The molecule has 1 saturated heterocycles. The summed E-state index contributed by atoms with van der Waals surface area (Å²) in [6.07, 6.45) is 6.84. The smallest absolute Gasteiger partial charge is 0.225 e. The number of piperidine rings is 1. The Balaban J connectivity index is 1.42. The lowest BCUT2D eigenvalue weighted by Gasteiger charge is -2.37. The minimum atomic E-state index is -0.683. The van der Waals surface area contributed by atoms with E-state index in [0.717, 1.165) is 25.9 Å². The van der Waals surface area contributed by atoms with Gasteiger partial charge in [0, 0.05) is 51.5 Å². The summed E-state index contributed by atoms with van der Waals surface area (Å²) in [4.78, 5) is 26.8. The van der Waals surface area contributed by atoms with E-state index in [1.807, 2.05) is 17.2 Å². The lowest BCUT2D eigenvalue weighted by atomic mass is 9.82. The summed E-state index contributed by atoms with van der Waals surface area (Å²) in [7, 11) is 1.71. The average molecular weight is 378 g/mol. The second-order valence-electron chi connectivity index (χ2n) is 7.53. The monoisotopic (exact) mass is 378 g/mol. The van der Waals surface area contributed by atoms with Crippen LogP contribution in [-0.2, 0) is 20.9 Å². The van der Waals surface area contributed by atoms with E-state index in [0.29, 0.717) is 32.2 Å². The Morgan fingerprint density at radius 2 is 2.04 bits per heavy atom. The number of amides is 2. The highest BCUT2D eigenvalue weighted by Gasteiger charge is 2.36. The number of methoxy groups -OCH3 is 1. The maximum atomic E-state index is 12.7. The first kappa shape index (κ1) is 19.8. The largest absolute Gasteiger partial charge is 0.391 e. The van der Waals surface area contributed by atoms with E-state index in [1.54, 1.807) is 18.0 Å². The van der Waals surface area contributed by atoms with Crippen LogP contribution >= 0.6 is 0 Å². The molecule has 8 heteroatoms. The van der Waals surface area contributed by atoms with Crippen molar-refractivity contribution in [2.24, 2.45) is 5.92 Å². The molecule has 8 nitrogen and oxygen atoms in total. The molecule has 1 aliphatic heterocycles. The van der Waals surface area contributed by atoms with Gasteiger partial charge in [-0.3, -0.25) is 14.3 Å². The van der Waals surface area contributed by atoms with Crippen LogP contribution in [0, 0.1) is 5.92 Å². The van der Waals surface area contributed by atoms with Gasteiger partial charge in [0.15, 0.2) is 0 Å². The summed E-state index contributed by atoms with van der Waals surface area (Å²) in [5.74, 6) is -0.121. The zero-order valence-electron chi connectivity index (χ0n) is 15.9. The molecule has 27 heavy (non-hydrogen) atoms. The number of aryl methyl sites for hydroxylation is 1. The number of rotatable bonds is 6. The van der Waals surface area contributed by atoms with Crippen LogP contribution in [0.4, 0.5) is 0 Å². The second-order valence-corrected chi connectivity index (χ2v) is 7.53. The number of nitrogens with zero attached hydrogens (tertiary/aromatic N) is 3. The number of aliphatic hydroxyl groups excluding tert-OH is 1. The molecule has 0 bridgehead atoms. The zero-order valence-corrected chi connectivity index (χ0v) is 15.9. The quantitative estimate of drug-likeness (QED) is 0.754. The summed E-state index contributed by atoms with van der Waals surface area (Å²) < 4.78 is 7.06. The van der Waals surface area contributed by atoms with Crippen LogP contribution in [0.2, 0.25) is 0 Å². The fourth-order valence-corrected chi connectivity index (χ4v) is 4.04. The standard InChI is InChI=1S/C19H30N4O4/c1-27-15-5-10-22(11-6-15)19(26)14-3-4-16(17(24)13-14)21-18(25)7-12-23-9-2-8-20-23/h2,8-9,14-17,24H,3-7,10-13H2,1H3,(H,21,25)/t14-,16-,17-/m0/s1. The van der Waals surface area contributed by atoms with Gasteiger partial charge in [0.05, 0.1) is 18.2 Å². The molecule has 0 unspecified atom stereocenters. The predicted molar refractivity (Wildman–Crippen MR) is 98.7 cm³/mol. The molecule has 1 saturated carbocycles. The maximum absolute atomic E-state index is 12.7. The molecule has 2 N–H and O–H groups in total. The van der Waals surface area contributed by atoms with Gasteiger partial charge in [-0.1, -0.05) is 0 Å². The molecule has 2 aliphatic rings. The van der Waals surface area contributed by atoms with Crippen molar-refractivity contribution in [3.05, 3.63) is 18.5 Å². The summed E-state index contributed by atoms with van der Waals surface area (Å²) in [6.45, 7) is 1.95. The van der Waals surface area contributed by atoms with Crippen LogP contribution in [0.5, 0.6) is 0 Å². The van der Waals surface area contributed by atoms with Crippen molar-refractivity contribution < 1.29 is 19.4 Å². The number of aromatic nitrogens is 2. The summed E-state index contributed by atoms with van der Waals surface area (Å²) in [5, 5.41) is 17.4. The van der Waals surface area contributed by atoms with Gasteiger partial charge in [-0.2, -0.15) is 5.10 Å². The topological polar surface area (TPSA) is 96.7 Å². The molecular weight excluding hydrogens is 348 g/mol. The molecule has 2 fully saturated rings. The Hall–Kier alpha value is -1.93. The Labute approximate surface area is 159 Å². The molecule has 2 amide bonds. The molecule has 150 valence electrons. The highest BCUT2D eigenvalue weighted by Crippen LogP contribution is 2.28. The van der Waals surface area contributed by atoms with Crippen LogP contribution in [0.1, 0.15) is 38.5 Å². The number of aliphatic hydroxyl groups is 1. The maximum Gasteiger partial charge on any atom is 0.225 e. The van der Waals surface area contributed by atoms with Crippen molar-refractivity contribution in [3.8, 4) is 0 Å². The van der Waals surface area contributed by atoms with Gasteiger partial charge in [-0.15, -0.1) is 0 Å². The Bertz CT molecular complexity index is 613. The fraction of sp³-hybridized carbons (Fsp3) is 0.737. The number of hydrogen-bond acceptors (Lipinski definition) is 5. The van der Waals surface area contributed by atoms with Gasteiger partial charge in [0.25, 0.3) is 0 Å². The van der Waals surface area contributed by atoms with E-state index in [4.69, 9.17) is 4.74 Å². The molecule has 3 rings (SSSR count). The Kier molecular flexibility index (Phi) is 6.84. The van der Waals surface area contributed by atoms with Crippen LogP contribution in [-0.4, -0.2) is 70.1 Å². The molecule has 0 spiro atoms. The first-order chi connectivity index (χ1) is 13.1. The van der Waals surface area contributed by atoms with E-state index in [1.165, 1.54) is 0 Å².